The highest BCUT2D eigenvalue weighted by Gasteiger charge is 2.22. The number of carbonyl (C=O) groups excluding carboxylic acids is 2. The lowest BCUT2D eigenvalue weighted by Gasteiger charge is -2.26. The fraction of sp³-hybridized carbons (Fsp3) is 0.250. The Morgan fingerprint density at radius 1 is 1.00 bits per heavy atom. The van der Waals surface area contributed by atoms with Gasteiger partial charge in [-0.1, -0.05) is 42.5 Å². The number of hydrogen-bond donors (Lipinski definition) is 1. The van der Waals surface area contributed by atoms with Crippen LogP contribution in [0.5, 0.6) is 5.75 Å². The van der Waals surface area contributed by atoms with Gasteiger partial charge in [-0.2, -0.15) is 0 Å². The van der Waals surface area contributed by atoms with E-state index in [0.717, 1.165) is 24.8 Å². The molecule has 30 heavy (non-hydrogen) atoms. The molecule has 154 valence electrons. The van der Waals surface area contributed by atoms with Crippen molar-refractivity contribution in [3.05, 3.63) is 89.4 Å². The maximum atomic E-state index is 12.3. The van der Waals surface area contributed by atoms with E-state index in [1.807, 2.05) is 48.5 Å². The van der Waals surface area contributed by atoms with Crippen molar-refractivity contribution in [2.24, 2.45) is 0 Å². The summed E-state index contributed by atoms with van der Waals surface area (Å²) in [5.74, 6) is 0.231. The number of rotatable bonds is 7. The zero-order valence-corrected chi connectivity index (χ0v) is 16.5. The lowest BCUT2D eigenvalue weighted by Crippen LogP contribution is -2.34. The third-order valence-corrected chi connectivity index (χ3v) is 5.03. The molecule has 1 aliphatic carbocycles. The molecule has 0 unspecified atom stereocenters. The predicted octanol–water partition coefficient (Wildman–Crippen LogP) is 4.21. The molecule has 6 nitrogen and oxygen atoms in total. The second-order valence-electron chi connectivity index (χ2n) is 7.15. The molecule has 0 bridgehead atoms. The van der Waals surface area contributed by atoms with Crippen LogP contribution in [0, 0.1) is 0 Å². The molecule has 0 fully saturated rings. The Hall–Kier alpha value is -3.54. The third kappa shape index (κ3) is 4.89. The summed E-state index contributed by atoms with van der Waals surface area (Å²) in [5, 5.41) is 2.96. The summed E-state index contributed by atoms with van der Waals surface area (Å²) < 4.78 is 16.2. The highest BCUT2D eigenvalue weighted by atomic mass is 16.6. The van der Waals surface area contributed by atoms with E-state index in [1.54, 1.807) is 6.07 Å². The van der Waals surface area contributed by atoms with Gasteiger partial charge in [-0.05, 0) is 54.7 Å². The Labute approximate surface area is 174 Å². The molecule has 1 aromatic heterocycles. The van der Waals surface area contributed by atoms with Gasteiger partial charge >= 0.3 is 5.97 Å². The van der Waals surface area contributed by atoms with Crippen LogP contribution in [0.4, 0.5) is 0 Å². The molecular formula is C24H23NO5. The minimum absolute atomic E-state index is 0.0393. The first-order valence-corrected chi connectivity index (χ1v) is 10.00. The third-order valence-electron chi connectivity index (χ3n) is 5.03. The van der Waals surface area contributed by atoms with Crippen LogP contribution in [-0.2, 0) is 22.6 Å². The van der Waals surface area contributed by atoms with Crippen molar-refractivity contribution in [3.8, 4) is 5.75 Å². The zero-order valence-electron chi connectivity index (χ0n) is 16.5. The molecule has 0 aliphatic heterocycles. The molecule has 0 saturated heterocycles. The standard InChI is InChI=1S/C24H23NO5/c26-23(25-21-12-6-8-17-7-4-5-11-20(17)21)16-29-24(27)22-14-13-19(30-22)15-28-18-9-2-1-3-10-18/h1-5,7,9-11,13-14,21H,6,8,12,15-16H2,(H,25,26)/t21-/m1/s1. The smallest absolute Gasteiger partial charge is 0.374 e. The van der Waals surface area contributed by atoms with Crippen molar-refractivity contribution in [3.63, 3.8) is 0 Å². The van der Waals surface area contributed by atoms with Gasteiger partial charge < -0.3 is 19.2 Å². The van der Waals surface area contributed by atoms with Crippen molar-refractivity contribution in [2.75, 3.05) is 6.61 Å². The summed E-state index contributed by atoms with van der Waals surface area (Å²) >= 11 is 0. The molecule has 1 amide bonds. The number of benzene rings is 2. The van der Waals surface area contributed by atoms with Gasteiger partial charge in [0.25, 0.3) is 5.91 Å². The van der Waals surface area contributed by atoms with E-state index in [0.29, 0.717) is 11.5 Å². The number of furan rings is 1. The average Bonchev–Trinajstić information content (AvgIpc) is 3.26. The number of hydrogen-bond acceptors (Lipinski definition) is 5. The first kappa shape index (κ1) is 19.8. The molecule has 0 spiro atoms. The largest absolute Gasteiger partial charge is 0.486 e. The van der Waals surface area contributed by atoms with Crippen LogP contribution in [0.1, 0.15) is 46.3 Å². The van der Waals surface area contributed by atoms with E-state index >= 15 is 0 Å². The maximum absolute atomic E-state index is 12.3. The Bertz CT molecular complexity index is 1010. The SMILES string of the molecule is O=C(COC(=O)c1ccc(COc2ccccc2)o1)N[C@@H]1CCCc2ccccc21. The Morgan fingerprint density at radius 3 is 2.67 bits per heavy atom. The summed E-state index contributed by atoms with van der Waals surface area (Å²) in [6, 6.07) is 20.5. The maximum Gasteiger partial charge on any atom is 0.374 e. The van der Waals surface area contributed by atoms with Gasteiger partial charge in [0, 0.05) is 0 Å². The number of ether oxygens (including phenoxy) is 2. The first-order chi connectivity index (χ1) is 14.7. The van der Waals surface area contributed by atoms with Crippen LogP contribution in [-0.4, -0.2) is 18.5 Å². The van der Waals surface area contributed by atoms with E-state index in [1.165, 1.54) is 11.6 Å². The second kappa shape index (κ2) is 9.31. The topological polar surface area (TPSA) is 77.8 Å². The van der Waals surface area contributed by atoms with Gasteiger partial charge in [-0.25, -0.2) is 4.79 Å². The highest BCUT2D eigenvalue weighted by Crippen LogP contribution is 2.29. The number of nitrogens with one attached hydrogen (secondary N) is 1. The monoisotopic (exact) mass is 405 g/mol. The van der Waals surface area contributed by atoms with Gasteiger partial charge in [0.1, 0.15) is 18.1 Å². The first-order valence-electron chi connectivity index (χ1n) is 10.00. The molecule has 1 N–H and O–H groups in total. The van der Waals surface area contributed by atoms with Crippen molar-refractivity contribution in [1.29, 1.82) is 0 Å². The number of fused-ring (bicyclic) bond motifs is 1. The lowest BCUT2D eigenvalue weighted by molar-refractivity contribution is -0.125. The summed E-state index contributed by atoms with van der Waals surface area (Å²) in [5.41, 5.74) is 2.39. The lowest BCUT2D eigenvalue weighted by atomic mass is 9.88. The molecule has 1 heterocycles. The van der Waals surface area contributed by atoms with Crippen LogP contribution in [0.2, 0.25) is 0 Å². The van der Waals surface area contributed by atoms with Gasteiger partial charge in [-0.3, -0.25) is 4.79 Å². The molecule has 6 heteroatoms. The number of esters is 1. The van der Waals surface area contributed by atoms with Crippen molar-refractivity contribution in [1.82, 2.24) is 5.32 Å². The fourth-order valence-electron chi connectivity index (χ4n) is 3.58. The number of carbonyl (C=O) groups is 2. The zero-order chi connectivity index (χ0) is 20.8. The van der Waals surface area contributed by atoms with E-state index in [-0.39, 0.29) is 30.9 Å². The fourth-order valence-corrected chi connectivity index (χ4v) is 3.58. The van der Waals surface area contributed by atoms with Gasteiger partial charge in [0.15, 0.2) is 6.61 Å². The number of amides is 1. The van der Waals surface area contributed by atoms with Crippen LogP contribution in [0.3, 0.4) is 0 Å². The van der Waals surface area contributed by atoms with Gasteiger partial charge in [0.05, 0.1) is 6.04 Å². The van der Waals surface area contributed by atoms with Gasteiger partial charge in [0.2, 0.25) is 5.76 Å². The number of aryl methyl sites for hydroxylation is 1. The molecule has 1 atom stereocenters. The molecule has 2 aromatic carbocycles. The Kier molecular flexibility index (Phi) is 6.13. The quantitative estimate of drug-likeness (QED) is 0.596. The normalized spacial score (nSPS) is 15.1. The summed E-state index contributed by atoms with van der Waals surface area (Å²) in [7, 11) is 0. The molecule has 1 aliphatic rings. The van der Waals surface area contributed by atoms with Crippen LogP contribution < -0.4 is 10.1 Å². The predicted molar refractivity (Wildman–Crippen MR) is 110 cm³/mol. The minimum atomic E-state index is -0.680. The van der Waals surface area contributed by atoms with Crippen LogP contribution >= 0.6 is 0 Å². The second-order valence-corrected chi connectivity index (χ2v) is 7.15. The van der Waals surface area contributed by atoms with Gasteiger partial charge in [-0.15, -0.1) is 0 Å². The van der Waals surface area contributed by atoms with E-state index in [2.05, 4.69) is 11.4 Å². The van der Waals surface area contributed by atoms with Crippen molar-refractivity contribution in [2.45, 2.75) is 31.9 Å². The summed E-state index contributed by atoms with van der Waals surface area (Å²) in [6.45, 7) is -0.160. The molecular weight excluding hydrogens is 382 g/mol. The van der Waals surface area contributed by atoms with E-state index in [9.17, 15) is 9.59 Å². The van der Waals surface area contributed by atoms with Crippen molar-refractivity contribution < 1.29 is 23.5 Å². The summed E-state index contributed by atoms with van der Waals surface area (Å²) in [4.78, 5) is 24.5. The Balaban J connectivity index is 1.26. The minimum Gasteiger partial charge on any atom is -0.486 e. The van der Waals surface area contributed by atoms with E-state index in [4.69, 9.17) is 13.9 Å². The van der Waals surface area contributed by atoms with Crippen LogP contribution in [0.25, 0.3) is 0 Å². The van der Waals surface area contributed by atoms with E-state index < -0.39 is 5.97 Å². The molecule has 3 aromatic rings. The Morgan fingerprint density at radius 2 is 1.80 bits per heavy atom. The summed E-state index contributed by atoms with van der Waals surface area (Å²) in [6.07, 6.45) is 2.91. The molecule has 0 saturated carbocycles. The molecule has 4 rings (SSSR count). The average molecular weight is 405 g/mol. The number of para-hydroxylation sites is 1. The highest BCUT2D eigenvalue weighted by molar-refractivity contribution is 5.89. The molecule has 0 radical (unpaired) electrons. The van der Waals surface area contributed by atoms with Crippen LogP contribution in [0.15, 0.2) is 71.1 Å². The van der Waals surface area contributed by atoms with Crippen molar-refractivity contribution >= 4 is 11.9 Å².